The second kappa shape index (κ2) is 9.28. The number of benzene rings is 2. The molecule has 2 heterocycles. The normalized spacial score (nSPS) is 10.7. The van der Waals surface area contributed by atoms with Crippen LogP contribution in [-0.4, -0.2) is 37.8 Å². The van der Waals surface area contributed by atoms with Gasteiger partial charge >= 0.3 is 0 Å². The molecule has 0 saturated carbocycles. The number of anilines is 1. The quantitative estimate of drug-likeness (QED) is 0.452. The van der Waals surface area contributed by atoms with Crippen molar-refractivity contribution in [1.29, 1.82) is 5.26 Å². The SMILES string of the molecule is N#CCCN(C(=O)CSc1nc(-c2ccccc2)nc2cc(=O)[nH]n12)c1ccccc1. The first-order chi connectivity index (χ1) is 15.2. The molecule has 2 aromatic carbocycles. The molecule has 1 amide bonds. The van der Waals surface area contributed by atoms with Crippen molar-refractivity contribution in [2.45, 2.75) is 11.6 Å². The predicted molar refractivity (Wildman–Crippen MR) is 119 cm³/mol. The molecule has 0 spiro atoms. The lowest BCUT2D eigenvalue weighted by atomic mass is 10.2. The number of aromatic nitrogens is 4. The molecule has 0 bridgehead atoms. The molecule has 8 nitrogen and oxygen atoms in total. The number of nitrogens with one attached hydrogen (secondary N) is 1. The molecule has 9 heteroatoms. The van der Waals surface area contributed by atoms with Crippen molar-refractivity contribution in [2.24, 2.45) is 0 Å². The molecule has 1 N–H and O–H groups in total. The lowest BCUT2D eigenvalue weighted by molar-refractivity contribution is -0.116. The van der Waals surface area contributed by atoms with Crippen LogP contribution in [0.2, 0.25) is 0 Å². The van der Waals surface area contributed by atoms with Crippen molar-refractivity contribution in [3.8, 4) is 17.5 Å². The van der Waals surface area contributed by atoms with E-state index in [2.05, 4.69) is 21.1 Å². The number of aromatic amines is 1. The lowest BCUT2D eigenvalue weighted by Gasteiger charge is -2.21. The Labute approximate surface area is 182 Å². The molecule has 0 radical (unpaired) electrons. The highest BCUT2D eigenvalue weighted by atomic mass is 32.2. The molecule has 0 unspecified atom stereocenters. The fourth-order valence-corrected chi connectivity index (χ4v) is 3.90. The average Bonchev–Trinajstić information content (AvgIpc) is 3.19. The number of fused-ring (bicyclic) bond motifs is 1. The summed E-state index contributed by atoms with van der Waals surface area (Å²) in [6.45, 7) is 0.300. The van der Waals surface area contributed by atoms with Gasteiger partial charge in [0.15, 0.2) is 16.6 Å². The Morgan fingerprint density at radius 2 is 1.81 bits per heavy atom. The molecule has 0 saturated heterocycles. The number of rotatable bonds is 7. The van der Waals surface area contributed by atoms with Crippen LogP contribution in [0, 0.1) is 11.3 Å². The number of carbonyl (C=O) groups excluding carboxylic acids is 1. The Morgan fingerprint density at radius 3 is 2.52 bits per heavy atom. The maximum Gasteiger partial charge on any atom is 0.266 e. The van der Waals surface area contributed by atoms with Crippen LogP contribution in [0.25, 0.3) is 17.0 Å². The smallest absolute Gasteiger partial charge is 0.266 e. The van der Waals surface area contributed by atoms with Crippen molar-refractivity contribution < 1.29 is 4.79 Å². The largest absolute Gasteiger partial charge is 0.311 e. The summed E-state index contributed by atoms with van der Waals surface area (Å²) < 4.78 is 1.48. The third-order valence-corrected chi connectivity index (χ3v) is 5.42. The van der Waals surface area contributed by atoms with Crippen molar-refractivity contribution in [3.05, 3.63) is 77.1 Å². The molecule has 0 aliphatic carbocycles. The first kappa shape index (κ1) is 20.4. The van der Waals surface area contributed by atoms with Gasteiger partial charge in [0.25, 0.3) is 5.56 Å². The summed E-state index contributed by atoms with van der Waals surface area (Å²) in [6, 6.07) is 22.1. The number of nitriles is 1. The number of H-pyrrole nitrogens is 1. The summed E-state index contributed by atoms with van der Waals surface area (Å²) in [5.41, 5.74) is 1.67. The highest BCUT2D eigenvalue weighted by Crippen LogP contribution is 2.23. The molecule has 2 aromatic heterocycles. The summed E-state index contributed by atoms with van der Waals surface area (Å²) >= 11 is 1.20. The van der Waals surface area contributed by atoms with E-state index in [-0.39, 0.29) is 23.6 Å². The van der Waals surface area contributed by atoms with E-state index in [4.69, 9.17) is 5.26 Å². The van der Waals surface area contributed by atoms with Crippen molar-refractivity contribution in [3.63, 3.8) is 0 Å². The van der Waals surface area contributed by atoms with E-state index in [0.717, 1.165) is 11.3 Å². The average molecular weight is 430 g/mol. The Morgan fingerprint density at radius 1 is 1.10 bits per heavy atom. The molecule has 4 aromatic rings. The molecular formula is C22H18N6O2S. The Hall–Kier alpha value is -3.90. The van der Waals surface area contributed by atoms with Gasteiger partial charge in [-0.25, -0.2) is 14.5 Å². The second-order valence-electron chi connectivity index (χ2n) is 6.59. The number of para-hydroxylation sites is 1. The van der Waals surface area contributed by atoms with Crippen LogP contribution in [0.4, 0.5) is 5.69 Å². The van der Waals surface area contributed by atoms with Gasteiger partial charge in [-0.1, -0.05) is 60.3 Å². The maximum absolute atomic E-state index is 13.0. The fourth-order valence-electron chi connectivity index (χ4n) is 3.07. The van der Waals surface area contributed by atoms with E-state index in [0.29, 0.717) is 23.2 Å². The molecule has 31 heavy (non-hydrogen) atoms. The Bertz CT molecular complexity index is 1290. The molecule has 154 valence electrons. The molecule has 0 atom stereocenters. The van der Waals surface area contributed by atoms with Crippen LogP contribution >= 0.6 is 11.8 Å². The van der Waals surface area contributed by atoms with E-state index >= 15 is 0 Å². The highest BCUT2D eigenvalue weighted by Gasteiger charge is 2.18. The number of hydrogen-bond donors (Lipinski definition) is 1. The van der Waals surface area contributed by atoms with E-state index in [9.17, 15) is 9.59 Å². The van der Waals surface area contributed by atoms with E-state index in [1.54, 1.807) is 4.90 Å². The number of nitrogens with zero attached hydrogens (tertiary/aromatic N) is 5. The van der Waals surface area contributed by atoms with Crippen LogP contribution in [0.5, 0.6) is 0 Å². The molecule has 4 rings (SSSR count). The number of thioether (sulfide) groups is 1. The van der Waals surface area contributed by atoms with Crippen molar-refractivity contribution in [2.75, 3.05) is 17.2 Å². The van der Waals surface area contributed by atoms with Gasteiger partial charge < -0.3 is 4.90 Å². The van der Waals surface area contributed by atoms with Gasteiger partial charge in [-0.3, -0.25) is 14.7 Å². The zero-order valence-electron chi connectivity index (χ0n) is 16.4. The Kier molecular flexibility index (Phi) is 6.10. The van der Waals surface area contributed by atoms with Gasteiger partial charge in [0.05, 0.1) is 18.2 Å². The van der Waals surface area contributed by atoms with Gasteiger partial charge in [0.2, 0.25) is 5.91 Å². The zero-order valence-corrected chi connectivity index (χ0v) is 17.2. The maximum atomic E-state index is 13.0. The summed E-state index contributed by atoms with van der Waals surface area (Å²) in [5, 5.41) is 12.1. The summed E-state index contributed by atoms with van der Waals surface area (Å²) in [7, 11) is 0. The van der Waals surface area contributed by atoms with Crippen LogP contribution in [-0.2, 0) is 4.79 Å². The van der Waals surface area contributed by atoms with E-state index in [1.807, 2.05) is 60.7 Å². The highest BCUT2D eigenvalue weighted by molar-refractivity contribution is 7.99. The monoisotopic (exact) mass is 430 g/mol. The van der Waals surface area contributed by atoms with Gasteiger partial charge in [-0.15, -0.1) is 0 Å². The second-order valence-corrected chi connectivity index (χ2v) is 7.53. The Balaban J connectivity index is 1.62. The number of carbonyl (C=O) groups is 1. The minimum Gasteiger partial charge on any atom is -0.311 e. The zero-order chi connectivity index (χ0) is 21.6. The van der Waals surface area contributed by atoms with Gasteiger partial charge in [-0.05, 0) is 12.1 Å². The molecule has 0 fully saturated rings. The van der Waals surface area contributed by atoms with Crippen LogP contribution < -0.4 is 10.5 Å². The number of amides is 1. The molecule has 0 aliphatic heterocycles. The lowest BCUT2D eigenvalue weighted by Crippen LogP contribution is -2.33. The van der Waals surface area contributed by atoms with Crippen LogP contribution in [0.1, 0.15) is 6.42 Å². The van der Waals surface area contributed by atoms with E-state index in [1.165, 1.54) is 22.3 Å². The van der Waals surface area contributed by atoms with Crippen LogP contribution in [0.15, 0.2) is 76.7 Å². The predicted octanol–water partition coefficient (Wildman–Crippen LogP) is 3.12. The minimum absolute atomic E-state index is 0.0842. The first-order valence-corrected chi connectivity index (χ1v) is 10.5. The standard InChI is InChI=1S/C22H18N6O2S/c23-12-7-13-27(17-10-5-2-6-11-17)20(30)15-31-22-25-21(16-8-3-1-4-9-16)24-18-14-19(29)26-28(18)22/h1-6,8-11,14H,7,13,15H2,(H,26,29). The fraction of sp³-hybridized carbons (Fsp3) is 0.136. The van der Waals surface area contributed by atoms with Crippen molar-refractivity contribution in [1.82, 2.24) is 19.6 Å². The van der Waals surface area contributed by atoms with Gasteiger partial charge in [0.1, 0.15) is 0 Å². The topological polar surface area (TPSA) is 107 Å². The number of hydrogen-bond acceptors (Lipinski definition) is 6. The van der Waals surface area contributed by atoms with Crippen molar-refractivity contribution >= 4 is 29.0 Å². The van der Waals surface area contributed by atoms with E-state index < -0.39 is 0 Å². The third-order valence-electron chi connectivity index (χ3n) is 4.50. The summed E-state index contributed by atoms with van der Waals surface area (Å²) in [5.74, 6) is 0.397. The van der Waals surface area contributed by atoms with Gasteiger partial charge in [-0.2, -0.15) is 5.26 Å². The summed E-state index contributed by atoms with van der Waals surface area (Å²) in [6.07, 6.45) is 0.228. The third kappa shape index (κ3) is 4.65. The minimum atomic E-state index is -0.298. The molecular weight excluding hydrogens is 412 g/mol. The van der Waals surface area contributed by atoms with Gasteiger partial charge in [0, 0.05) is 23.9 Å². The van der Waals surface area contributed by atoms with Crippen LogP contribution in [0.3, 0.4) is 0 Å². The first-order valence-electron chi connectivity index (χ1n) is 9.56. The summed E-state index contributed by atoms with van der Waals surface area (Å²) in [4.78, 5) is 35.5. The molecule has 0 aliphatic rings.